The fraction of sp³-hybridized carbons (Fsp3) is 0.333. The first kappa shape index (κ1) is 14.1. The highest BCUT2D eigenvalue weighted by Gasteiger charge is 2.15. The summed E-state index contributed by atoms with van der Waals surface area (Å²) >= 11 is 0. The average Bonchev–Trinajstić information content (AvgIpc) is 2.97. The first-order valence-electron chi connectivity index (χ1n) is 6.56. The molecule has 1 N–H and O–H groups in total. The number of hydrogen-bond donors (Lipinski definition) is 1. The van der Waals surface area contributed by atoms with E-state index in [1.165, 1.54) is 0 Å². The quantitative estimate of drug-likeness (QED) is 0.910. The summed E-state index contributed by atoms with van der Waals surface area (Å²) in [5, 5.41) is 6.76. The lowest BCUT2D eigenvalue weighted by Crippen LogP contribution is -2.31. The van der Waals surface area contributed by atoms with Gasteiger partial charge >= 0.3 is 0 Å². The van der Waals surface area contributed by atoms with E-state index >= 15 is 0 Å². The molecule has 0 fully saturated rings. The summed E-state index contributed by atoms with van der Waals surface area (Å²) in [4.78, 5) is 11.9. The van der Waals surface area contributed by atoms with E-state index in [0.717, 1.165) is 17.7 Å². The molecule has 0 saturated carbocycles. The molecule has 1 atom stereocenters. The highest BCUT2D eigenvalue weighted by molar-refractivity contribution is 5.92. The molecule has 0 unspecified atom stereocenters. The lowest BCUT2D eigenvalue weighted by Gasteiger charge is -2.08. The third-order valence-corrected chi connectivity index (χ3v) is 3.09. The van der Waals surface area contributed by atoms with Crippen LogP contribution in [0.15, 0.2) is 34.9 Å². The van der Waals surface area contributed by atoms with E-state index in [-0.39, 0.29) is 17.7 Å². The first-order chi connectivity index (χ1) is 9.63. The minimum absolute atomic E-state index is 0.105. The summed E-state index contributed by atoms with van der Waals surface area (Å²) in [7, 11) is 1.60. The van der Waals surface area contributed by atoms with Crippen LogP contribution in [0.1, 0.15) is 30.8 Å². The monoisotopic (exact) mass is 274 g/mol. The summed E-state index contributed by atoms with van der Waals surface area (Å²) in [6.45, 7) is 3.95. The zero-order valence-electron chi connectivity index (χ0n) is 11.8. The number of benzene rings is 1. The average molecular weight is 274 g/mol. The molecule has 5 heteroatoms. The van der Waals surface area contributed by atoms with Gasteiger partial charge in [0.2, 0.25) is 5.76 Å². The molecule has 2 aromatic rings. The Kier molecular flexibility index (Phi) is 4.40. The molecule has 2 rings (SSSR count). The maximum atomic E-state index is 11.9. The van der Waals surface area contributed by atoms with Crippen LogP contribution in [0.4, 0.5) is 0 Å². The molecule has 1 aromatic heterocycles. The molecule has 0 bridgehead atoms. The minimum atomic E-state index is -0.249. The molecule has 5 nitrogen and oxygen atoms in total. The van der Waals surface area contributed by atoms with Gasteiger partial charge in [0.1, 0.15) is 11.4 Å². The maximum Gasteiger partial charge on any atom is 0.290 e. The number of nitrogens with zero attached hydrogens (tertiary/aromatic N) is 1. The Morgan fingerprint density at radius 1 is 1.45 bits per heavy atom. The number of rotatable bonds is 5. The summed E-state index contributed by atoms with van der Waals surface area (Å²) in [6, 6.07) is 9.17. The second-order valence-corrected chi connectivity index (χ2v) is 4.59. The SMILES string of the molecule is CC[C@H](C)NC(=O)c1cc(-c2cccc(OC)c2)no1. The van der Waals surface area contributed by atoms with Crippen LogP contribution in [0, 0.1) is 0 Å². The Balaban J connectivity index is 2.17. The second kappa shape index (κ2) is 6.23. The number of aromatic nitrogens is 1. The summed E-state index contributed by atoms with van der Waals surface area (Å²) in [5.41, 5.74) is 1.45. The standard InChI is InChI=1S/C15H18N2O3/c1-4-10(2)16-15(18)14-9-13(17-20-14)11-6-5-7-12(8-11)19-3/h5-10H,4H2,1-3H3,(H,16,18)/t10-/m0/s1. The molecular formula is C15H18N2O3. The number of amides is 1. The molecular weight excluding hydrogens is 256 g/mol. The van der Waals surface area contributed by atoms with Crippen molar-refractivity contribution in [1.29, 1.82) is 0 Å². The van der Waals surface area contributed by atoms with Crippen molar-refractivity contribution in [1.82, 2.24) is 10.5 Å². The minimum Gasteiger partial charge on any atom is -0.497 e. The third kappa shape index (κ3) is 3.17. The Bertz CT molecular complexity index is 592. The smallest absolute Gasteiger partial charge is 0.290 e. The van der Waals surface area contributed by atoms with Gasteiger partial charge in [-0.05, 0) is 25.5 Å². The van der Waals surface area contributed by atoms with Crippen molar-refractivity contribution < 1.29 is 14.1 Å². The van der Waals surface area contributed by atoms with Gasteiger partial charge in [0.15, 0.2) is 0 Å². The first-order valence-corrected chi connectivity index (χ1v) is 6.56. The van der Waals surface area contributed by atoms with Crippen molar-refractivity contribution in [2.45, 2.75) is 26.3 Å². The molecule has 0 aliphatic rings. The Labute approximate surface area is 117 Å². The van der Waals surface area contributed by atoms with Crippen molar-refractivity contribution in [3.05, 3.63) is 36.1 Å². The predicted octanol–water partition coefficient (Wildman–Crippen LogP) is 2.88. The second-order valence-electron chi connectivity index (χ2n) is 4.59. The van der Waals surface area contributed by atoms with E-state index in [9.17, 15) is 4.79 Å². The molecule has 0 radical (unpaired) electrons. The van der Waals surface area contributed by atoms with Crippen molar-refractivity contribution in [3.63, 3.8) is 0 Å². The van der Waals surface area contributed by atoms with Gasteiger partial charge in [-0.3, -0.25) is 4.79 Å². The normalized spacial score (nSPS) is 11.9. The summed E-state index contributed by atoms with van der Waals surface area (Å²) in [6.07, 6.45) is 0.864. The summed E-state index contributed by atoms with van der Waals surface area (Å²) < 4.78 is 10.3. The number of ether oxygens (including phenoxy) is 1. The number of carbonyl (C=O) groups excluding carboxylic acids is 1. The van der Waals surface area contributed by atoms with E-state index in [4.69, 9.17) is 9.26 Å². The third-order valence-electron chi connectivity index (χ3n) is 3.09. The highest BCUT2D eigenvalue weighted by atomic mass is 16.5. The summed E-state index contributed by atoms with van der Waals surface area (Å²) in [5.74, 6) is 0.695. The van der Waals surface area contributed by atoms with Crippen molar-refractivity contribution in [2.75, 3.05) is 7.11 Å². The zero-order valence-corrected chi connectivity index (χ0v) is 11.8. The molecule has 106 valence electrons. The van der Waals surface area contributed by atoms with Crippen LogP contribution in [-0.2, 0) is 0 Å². The predicted molar refractivity (Wildman–Crippen MR) is 75.7 cm³/mol. The molecule has 1 aromatic carbocycles. The fourth-order valence-corrected chi connectivity index (χ4v) is 1.70. The van der Waals surface area contributed by atoms with E-state index in [1.54, 1.807) is 13.2 Å². The topological polar surface area (TPSA) is 64.4 Å². The molecule has 0 spiro atoms. The van der Waals surface area contributed by atoms with Gasteiger partial charge < -0.3 is 14.6 Å². The molecule has 1 heterocycles. The van der Waals surface area contributed by atoms with Crippen LogP contribution in [0.25, 0.3) is 11.3 Å². The number of carbonyl (C=O) groups is 1. The molecule has 1 amide bonds. The van der Waals surface area contributed by atoms with Crippen LogP contribution in [0.2, 0.25) is 0 Å². The van der Waals surface area contributed by atoms with Crippen molar-refractivity contribution in [3.8, 4) is 17.0 Å². The van der Waals surface area contributed by atoms with Gasteiger partial charge in [0, 0.05) is 17.7 Å². The van der Waals surface area contributed by atoms with Crippen LogP contribution in [0.3, 0.4) is 0 Å². The van der Waals surface area contributed by atoms with Gasteiger partial charge in [-0.1, -0.05) is 24.2 Å². The van der Waals surface area contributed by atoms with Crippen LogP contribution in [-0.4, -0.2) is 24.2 Å². The Hall–Kier alpha value is -2.30. The number of hydrogen-bond acceptors (Lipinski definition) is 4. The maximum absolute atomic E-state index is 11.9. The fourth-order valence-electron chi connectivity index (χ4n) is 1.70. The van der Waals surface area contributed by atoms with Crippen LogP contribution < -0.4 is 10.1 Å². The number of nitrogens with one attached hydrogen (secondary N) is 1. The Morgan fingerprint density at radius 2 is 2.25 bits per heavy atom. The zero-order chi connectivity index (χ0) is 14.5. The van der Waals surface area contributed by atoms with Crippen molar-refractivity contribution >= 4 is 5.91 Å². The van der Waals surface area contributed by atoms with Crippen LogP contribution >= 0.6 is 0 Å². The van der Waals surface area contributed by atoms with E-state index < -0.39 is 0 Å². The Morgan fingerprint density at radius 3 is 2.95 bits per heavy atom. The number of methoxy groups -OCH3 is 1. The largest absolute Gasteiger partial charge is 0.497 e. The van der Waals surface area contributed by atoms with Gasteiger partial charge in [0.05, 0.1) is 7.11 Å². The van der Waals surface area contributed by atoms with E-state index in [0.29, 0.717) is 5.69 Å². The lowest BCUT2D eigenvalue weighted by atomic mass is 10.1. The van der Waals surface area contributed by atoms with Crippen molar-refractivity contribution in [2.24, 2.45) is 0 Å². The molecule has 0 aliphatic heterocycles. The molecule has 0 saturated heterocycles. The highest BCUT2D eigenvalue weighted by Crippen LogP contribution is 2.23. The van der Waals surface area contributed by atoms with Gasteiger partial charge in [0.25, 0.3) is 5.91 Å². The lowest BCUT2D eigenvalue weighted by molar-refractivity contribution is 0.0902. The van der Waals surface area contributed by atoms with E-state index in [2.05, 4.69) is 10.5 Å². The van der Waals surface area contributed by atoms with Crippen LogP contribution in [0.5, 0.6) is 5.75 Å². The van der Waals surface area contributed by atoms with E-state index in [1.807, 2.05) is 38.1 Å². The molecule has 0 aliphatic carbocycles. The van der Waals surface area contributed by atoms with Gasteiger partial charge in [-0.2, -0.15) is 0 Å². The van der Waals surface area contributed by atoms with Gasteiger partial charge in [-0.25, -0.2) is 0 Å². The van der Waals surface area contributed by atoms with Gasteiger partial charge in [-0.15, -0.1) is 0 Å². The molecule has 20 heavy (non-hydrogen) atoms.